The van der Waals surface area contributed by atoms with E-state index in [0.29, 0.717) is 12.4 Å². The molecule has 2 aromatic carbocycles. The molecule has 0 saturated heterocycles. The Morgan fingerprint density at radius 2 is 1.85 bits per heavy atom. The molecule has 1 atom stereocenters. The highest BCUT2D eigenvalue weighted by molar-refractivity contribution is 5.42. The molecule has 0 aliphatic rings. The first-order valence-electron chi connectivity index (χ1n) is 6.93. The van der Waals surface area contributed by atoms with Crippen LogP contribution in [0.4, 0.5) is 0 Å². The quantitative estimate of drug-likeness (QED) is 0.848. The van der Waals surface area contributed by atoms with Gasteiger partial charge in [-0.1, -0.05) is 43.3 Å². The van der Waals surface area contributed by atoms with Crippen molar-refractivity contribution in [3.8, 4) is 11.5 Å². The minimum absolute atomic E-state index is 0.140. The molecule has 0 heterocycles. The van der Waals surface area contributed by atoms with Gasteiger partial charge in [-0.15, -0.1) is 0 Å². The van der Waals surface area contributed by atoms with E-state index in [-0.39, 0.29) is 11.8 Å². The fraction of sp³-hybridized carbons (Fsp3) is 0.294. The van der Waals surface area contributed by atoms with Gasteiger partial charge in [0.05, 0.1) is 0 Å². The Labute approximate surface area is 120 Å². The number of rotatable bonds is 6. The molecule has 2 aromatic rings. The normalized spacial score (nSPS) is 12.1. The highest BCUT2D eigenvalue weighted by Gasteiger charge is 2.07. The van der Waals surface area contributed by atoms with Crippen molar-refractivity contribution in [2.45, 2.75) is 32.4 Å². The van der Waals surface area contributed by atoms with E-state index in [0.717, 1.165) is 24.0 Å². The summed E-state index contributed by atoms with van der Waals surface area (Å²) in [6, 6.07) is 15.5. The van der Waals surface area contributed by atoms with Gasteiger partial charge in [-0.3, -0.25) is 0 Å². The molecule has 0 bridgehead atoms. The largest absolute Gasteiger partial charge is 0.504 e. The predicted octanol–water partition coefficient (Wildman–Crippen LogP) is 3.25. The van der Waals surface area contributed by atoms with E-state index in [2.05, 4.69) is 6.92 Å². The highest BCUT2D eigenvalue weighted by atomic mass is 16.5. The van der Waals surface area contributed by atoms with Gasteiger partial charge in [0.15, 0.2) is 11.5 Å². The van der Waals surface area contributed by atoms with Crippen molar-refractivity contribution in [1.82, 2.24) is 0 Å². The third-order valence-electron chi connectivity index (χ3n) is 3.28. The SMILES string of the molecule is CCC(N)Cc1ccc(O)c(OCc2ccccc2)c1. The summed E-state index contributed by atoms with van der Waals surface area (Å²) >= 11 is 0. The van der Waals surface area contributed by atoms with E-state index < -0.39 is 0 Å². The Morgan fingerprint density at radius 1 is 1.10 bits per heavy atom. The van der Waals surface area contributed by atoms with Crippen molar-refractivity contribution in [2.24, 2.45) is 5.73 Å². The zero-order chi connectivity index (χ0) is 14.4. The van der Waals surface area contributed by atoms with Crippen LogP contribution in [0.3, 0.4) is 0 Å². The summed E-state index contributed by atoms with van der Waals surface area (Å²) in [5.41, 5.74) is 8.11. The number of phenolic OH excluding ortho intramolecular Hbond substituents is 1. The van der Waals surface area contributed by atoms with Crippen LogP contribution in [-0.4, -0.2) is 11.1 Å². The highest BCUT2D eigenvalue weighted by Crippen LogP contribution is 2.28. The summed E-state index contributed by atoms with van der Waals surface area (Å²) in [6.07, 6.45) is 1.72. The number of hydrogen-bond acceptors (Lipinski definition) is 3. The van der Waals surface area contributed by atoms with Crippen LogP contribution in [0.1, 0.15) is 24.5 Å². The molecule has 0 aliphatic carbocycles. The van der Waals surface area contributed by atoms with Crippen LogP contribution in [0.2, 0.25) is 0 Å². The number of aromatic hydroxyl groups is 1. The molecular formula is C17H21NO2. The third-order valence-corrected chi connectivity index (χ3v) is 3.28. The first-order valence-corrected chi connectivity index (χ1v) is 6.93. The summed E-state index contributed by atoms with van der Waals surface area (Å²) < 4.78 is 5.69. The number of benzene rings is 2. The van der Waals surface area contributed by atoms with Crippen LogP contribution in [0.5, 0.6) is 11.5 Å². The second-order valence-corrected chi connectivity index (χ2v) is 4.95. The van der Waals surface area contributed by atoms with Crippen molar-refractivity contribution in [2.75, 3.05) is 0 Å². The number of nitrogens with two attached hydrogens (primary N) is 1. The van der Waals surface area contributed by atoms with Crippen molar-refractivity contribution in [3.05, 3.63) is 59.7 Å². The van der Waals surface area contributed by atoms with Gasteiger partial charge in [-0.2, -0.15) is 0 Å². The van der Waals surface area contributed by atoms with Gasteiger partial charge in [0.2, 0.25) is 0 Å². The van der Waals surface area contributed by atoms with Crippen molar-refractivity contribution >= 4 is 0 Å². The monoisotopic (exact) mass is 271 g/mol. The van der Waals surface area contributed by atoms with Crippen molar-refractivity contribution < 1.29 is 9.84 Å². The maximum atomic E-state index is 9.85. The minimum Gasteiger partial charge on any atom is -0.504 e. The Hall–Kier alpha value is -2.00. The summed E-state index contributed by atoms with van der Waals surface area (Å²) in [6.45, 7) is 2.51. The van der Waals surface area contributed by atoms with E-state index >= 15 is 0 Å². The number of ether oxygens (including phenoxy) is 1. The maximum Gasteiger partial charge on any atom is 0.161 e. The average Bonchev–Trinajstić information content (AvgIpc) is 2.48. The summed E-state index contributed by atoms with van der Waals surface area (Å²) in [5, 5.41) is 9.85. The molecule has 0 aromatic heterocycles. The van der Waals surface area contributed by atoms with Crippen LogP contribution >= 0.6 is 0 Å². The lowest BCUT2D eigenvalue weighted by atomic mass is 10.0. The summed E-state index contributed by atoms with van der Waals surface area (Å²) in [5.74, 6) is 0.671. The molecule has 0 amide bonds. The van der Waals surface area contributed by atoms with Crippen molar-refractivity contribution in [1.29, 1.82) is 0 Å². The molecule has 0 saturated carbocycles. The Balaban J connectivity index is 2.05. The lowest BCUT2D eigenvalue weighted by Gasteiger charge is -2.12. The molecule has 3 N–H and O–H groups in total. The van der Waals surface area contributed by atoms with E-state index in [9.17, 15) is 5.11 Å². The second kappa shape index (κ2) is 6.96. The molecule has 20 heavy (non-hydrogen) atoms. The van der Waals surface area contributed by atoms with Gasteiger partial charge in [-0.25, -0.2) is 0 Å². The smallest absolute Gasteiger partial charge is 0.161 e. The van der Waals surface area contributed by atoms with Gasteiger partial charge < -0.3 is 15.6 Å². The average molecular weight is 271 g/mol. The summed E-state index contributed by atoms with van der Waals surface area (Å²) in [4.78, 5) is 0. The van der Waals surface area contributed by atoms with Crippen molar-refractivity contribution in [3.63, 3.8) is 0 Å². The third kappa shape index (κ3) is 4.00. The van der Waals surface area contributed by atoms with E-state index in [1.165, 1.54) is 0 Å². The lowest BCUT2D eigenvalue weighted by Crippen LogP contribution is -2.21. The molecule has 0 spiro atoms. The first kappa shape index (κ1) is 14.4. The van der Waals surface area contributed by atoms with Crippen LogP contribution in [0.25, 0.3) is 0 Å². The molecule has 1 unspecified atom stereocenters. The molecule has 0 radical (unpaired) electrons. The number of phenols is 1. The molecule has 3 nitrogen and oxygen atoms in total. The van der Waals surface area contributed by atoms with Gasteiger partial charge >= 0.3 is 0 Å². The zero-order valence-electron chi connectivity index (χ0n) is 11.8. The number of hydrogen-bond donors (Lipinski definition) is 2. The maximum absolute atomic E-state index is 9.85. The zero-order valence-corrected chi connectivity index (χ0v) is 11.8. The molecule has 0 fully saturated rings. The Bertz CT molecular complexity index is 540. The second-order valence-electron chi connectivity index (χ2n) is 4.95. The predicted molar refractivity (Wildman–Crippen MR) is 80.9 cm³/mol. The van der Waals surface area contributed by atoms with Crippen LogP contribution in [-0.2, 0) is 13.0 Å². The van der Waals surface area contributed by atoms with Gasteiger partial charge in [0.1, 0.15) is 6.61 Å². The van der Waals surface area contributed by atoms with E-state index in [1.807, 2.05) is 42.5 Å². The Morgan fingerprint density at radius 3 is 2.55 bits per heavy atom. The standard InChI is InChI=1S/C17H21NO2/c1-2-15(18)10-14-8-9-16(19)17(11-14)20-12-13-6-4-3-5-7-13/h3-9,11,15,19H,2,10,12,18H2,1H3. The lowest BCUT2D eigenvalue weighted by molar-refractivity contribution is 0.288. The molecule has 3 heteroatoms. The molecular weight excluding hydrogens is 250 g/mol. The molecule has 106 valence electrons. The fourth-order valence-electron chi connectivity index (χ4n) is 1.98. The minimum atomic E-state index is 0.140. The molecule has 0 aliphatic heterocycles. The van der Waals surface area contributed by atoms with E-state index in [4.69, 9.17) is 10.5 Å². The van der Waals surface area contributed by atoms with Crippen LogP contribution in [0.15, 0.2) is 48.5 Å². The topological polar surface area (TPSA) is 55.5 Å². The first-order chi connectivity index (χ1) is 9.69. The van der Waals surface area contributed by atoms with Crippen LogP contribution in [0, 0.1) is 0 Å². The molecule has 2 rings (SSSR count). The van der Waals surface area contributed by atoms with Crippen LogP contribution < -0.4 is 10.5 Å². The summed E-state index contributed by atoms with van der Waals surface area (Å²) in [7, 11) is 0. The van der Waals surface area contributed by atoms with E-state index in [1.54, 1.807) is 6.07 Å². The van der Waals surface area contributed by atoms with Gasteiger partial charge in [0.25, 0.3) is 0 Å². The van der Waals surface area contributed by atoms with Gasteiger partial charge in [-0.05, 0) is 36.1 Å². The van der Waals surface area contributed by atoms with Gasteiger partial charge in [0, 0.05) is 6.04 Å². The Kier molecular flexibility index (Phi) is 5.02. The fourth-order valence-corrected chi connectivity index (χ4v) is 1.98.